The highest BCUT2D eigenvalue weighted by Gasteiger charge is 2.14. The normalized spacial score (nSPS) is 14.4. The zero-order valence-corrected chi connectivity index (χ0v) is 12.8. The number of carbonyl (C=O) groups excluding carboxylic acids is 1. The first-order valence-electron chi connectivity index (χ1n) is 7.54. The van der Waals surface area contributed by atoms with Gasteiger partial charge in [0.1, 0.15) is 5.75 Å². The summed E-state index contributed by atoms with van der Waals surface area (Å²) < 4.78 is 5.86. The third-order valence-electron chi connectivity index (χ3n) is 3.70. The third-order valence-corrected chi connectivity index (χ3v) is 3.70. The fourth-order valence-corrected chi connectivity index (χ4v) is 2.83. The predicted octanol–water partition coefficient (Wildman–Crippen LogP) is 3.32. The standard InChI is InChI=1S/C17H25NO2/c1-13(2)10-18(12-19)11-15-8-14(3)16-6-4-5-7-20-17(16)9-15/h8-9,12-13H,4-7,10-11H2,1-3H3. The molecular formula is C17H25NO2. The van der Waals surface area contributed by atoms with Crippen molar-refractivity contribution in [2.45, 2.75) is 46.6 Å². The van der Waals surface area contributed by atoms with Crippen molar-refractivity contribution in [1.82, 2.24) is 4.90 Å². The Morgan fingerprint density at radius 3 is 2.85 bits per heavy atom. The molecule has 0 unspecified atom stereocenters. The van der Waals surface area contributed by atoms with Crippen LogP contribution >= 0.6 is 0 Å². The van der Waals surface area contributed by atoms with E-state index in [4.69, 9.17) is 4.74 Å². The van der Waals surface area contributed by atoms with Crippen LogP contribution in [0, 0.1) is 12.8 Å². The van der Waals surface area contributed by atoms with Gasteiger partial charge < -0.3 is 9.64 Å². The van der Waals surface area contributed by atoms with Gasteiger partial charge in [0.25, 0.3) is 0 Å². The molecule has 1 amide bonds. The Hall–Kier alpha value is -1.51. The SMILES string of the molecule is Cc1cc(CN(C=O)CC(C)C)cc2c1CCCCO2. The van der Waals surface area contributed by atoms with E-state index in [2.05, 4.69) is 32.9 Å². The summed E-state index contributed by atoms with van der Waals surface area (Å²) >= 11 is 0. The Kier molecular flexibility index (Phi) is 5.05. The molecule has 3 heteroatoms. The molecule has 0 radical (unpaired) electrons. The number of nitrogens with zero attached hydrogens (tertiary/aromatic N) is 1. The molecule has 2 rings (SSSR count). The number of amides is 1. The summed E-state index contributed by atoms with van der Waals surface area (Å²) in [6, 6.07) is 4.31. The lowest BCUT2D eigenvalue weighted by atomic mass is 9.99. The Bertz CT molecular complexity index is 468. The van der Waals surface area contributed by atoms with Crippen LogP contribution in [0.3, 0.4) is 0 Å². The monoisotopic (exact) mass is 275 g/mol. The van der Waals surface area contributed by atoms with E-state index in [1.807, 2.05) is 4.90 Å². The second-order valence-corrected chi connectivity index (χ2v) is 6.12. The molecule has 110 valence electrons. The van der Waals surface area contributed by atoms with Gasteiger partial charge in [0, 0.05) is 13.1 Å². The number of aryl methyl sites for hydroxylation is 1. The van der Waals surface area contributed by atoms with E-state index >= 15 is 0 Å². The highest BCUT2D eigenvalue weighted by Crippen LogP contribution is 2.29. The average molecular weight is 275 g/mol. The number of carbonyl (C=O) groups is 1. The number of rotatable bonds is 5. The fourth-order valence-electron chi connectivity index (χ4n) is 2.83. The van der Waals surface area contributed by atoms with Crippen LogP contribution in [-0.4, -0.2) is 24.5 Å². The van der Waals surface area contributed by atoms with Crippen molar-refractivity contribution in [2.75, 3.05) is 13.2 Å². The second-order valence-electron chi connectivity index (χ2n) is 6.12. The summed E-state index contributed by atoms with van der Waals surface area (Å²) in [5.41, 5.74) is 3.79. The van der Waals surface area contributed by atoms with Crippen LogP contribution in [0.5, 0.6) is 5.75 Å². The lowest BCUT2D eigenvalue weighted by Gasteiger charge is -2.21. The number of hydrogen-bond acceptors (Lipinski definition) is 2. The van der Waals surface area contributed by atoms with Gasteiger partial charge in [-0.1, -0.05) is 19.9 Å². The minimum atomic E-state index is 0.485. The molecule has 1 heterocycles. The summed E-state index contributed by atoms with van der Waals surface area (Å²) in [6.45, 7) is 8.66. The first-order chi connectivity index (χ1) is 9.60. The smallest absolute Gasteiger partial charge is 0.210 e. The molecule has 0 spiro atoms. The first-order valence-corrected chi connectivity index (χ1v) is 7.54. The Morgan fingerprint density at radius 2 is 2.15 bits per heavy atom. The minimum Gasteiger partial charge on any atom is -0.493 e. The molecule has 0 aromatic heterocycles. The molecular weight excluding hydrogens is 250 g/mol. The van der Waals surface area contributed by atoms with E-state index in [1.165, 1.54) is 17.5 Å². The summed E-state index contributed by atoms with van der Waals surface area (Å²) in [4.78, 5) is 13.0. The van der Waals surface area contributed by atoms with Crippen LogP contribution in [0.2, 0.25) is 0 Å². The number of benzene rings is 1. The molecule has 1 aliphatic heterocycles. The van der Waals surface area contributed by atoms with Crippen LogP contribution in [-0.2, 0) is 17.8 Å². The lowest BCUT2D eigenvalue weighted by molar-refractivity contribution is -0.119. The Morgan fingerprint density at radius 1 is 1.35 bits per heavy atom. The molecule has 0 aliphatic carbocycles. The molecule has 0 saturated heterocycles. The van der Waals surface area contributed by atoms with Crippen molar-refractivity contribution in [2.24, 2.45) is 5.92 Å². The van der Waals surface area contributed by atoms with Crippen LogP contribution in [0.1, 0.15) is 43.4 Å². The summed E-state index contributed by atoms with van der Waals surface area (Å²) in [5.74, 6) is 1.51. The number of ether oxygens (including phenoxy) is 1. The van der Waals surface area contributed by atoms with Gasteiger partial charge in [-0.3, -0.25) is 4.79 Å². The molecule has 1 aromatic rings. The maximum atomic E-state index is 11.2. The molecule has 20 heavy (non-hydrogen) atoms. The van der Waals surface area contributed by atoms with Crippen molar-refractivity contribution in [3.05, 3.63) is 28.8 Å². The van der Waals surface area contributed by atoms with Gasteiger partial charge in [-0.2, -0.15) is 0 Å². The molecule has 0 N–H and O–H groups in total. The van der Waals surface area contributed by atoms with Crippen molar-refractivity contribution in [3.63, 3.8) is 0 Å². The highest BCUT2D eigenvalue weighted by molar-refractivity contribution is 5.49. The highest BCUT2D eigenvalue weighted by atomic mass is 16.5. The van der Waals surface area contributed by atoms with E-state index in [1.54, 1.807) is 0 Å². The average Bonchev–Trinajstić information content (AvgIpc) is 2.63. The zero-order valence-electron chi connectivity index (χ0n) is 12.8. The molecule has 0 bridgehead atoms. The predicted molar refractivity (Wildman–Crippen MR) is 80.9 cm³/mol. The van der Waals surface area contributed by atoms with Crippen molar-refractivity contribution >= 4 is 6.41 Å². The van der Waals surface area contributed by atoms with Crippen molar-refractivity contribution in [3.8, 4) is 5.75 Å². The van der Waals surface area contributed by atoms with E-state index in [0.717, 1.165) is 43.7 Å². The van der Waals surface area contributed by atoms with Gasteiger partial charge in [-0.05, 0) is 54.9 Å². The molecule has 0 atom stereocenters. The topological polar surface area (TPSA) is 29.5 Å². The van der Waals surface area contributed by atoms with E-state index < -0.39 is 0 Å². The Balaban J connectivity index is 2.18. The summed E-state index contributed by atoms with van der Waals surface area (Å²) in [6.07, 6.45) is 4.37. The van der Waals surface area contributed by atoms with E-state index in [-0.39, 0.29) is 0 Å². The maximum Gasteiger partial charge on any atom is 0.210 e. The van der Waals surface area contributed by atoms with Crippen molar-refractivity contribution < 1.29 is 9.53 Å². The van der Waals surface area contributed by atoms with E-state index in [0.29, 0.717) is 12.5 Å². The van der Waals surface area contributed by atoms with Gasteiger partial charge >= 0.3 is 0 Å². The van der Waals surface area contributed by atoms with Gasteiger partial charge in [0.05, 0.1) is 6.61 Å². The number of hydrogen-bond donors (Lipinski definition) is 0. The van der Waals surface area contributed by atoms with Crippen LogP contribution in [0.4, 0.5) is 0 Å². The molecule has 0 saturated carbocycles. The molecule has 3 nitrogen and oxygen atoms in total. The molecule has 1 aliphatic rings. The van der Waals surface area contributed by atoms with Gasteiger partial charge in [0.15, 0.2) is 0 Å². The minimum absolute atomic E-state index is 0.485. The molecule has 0 fully saturated rings. The Labute approximate surface area is 121 Å². The maximum absolute atomic E-state index is 11.2. The largest absolute Gasteiger partial charge is 0.493 e. The van der Waals surface area contributed by atoms with E-state index in [9.17, 15) is 4.79 Å². The zero-order chi connectivity index (χ0) is 14.5. The van der Waals surface area contributed by atoms with Gasteiger partial charge in [0.2, 0.25) is 6.41 Å². The summed E-state index contributed by atoms with van der Waals surface area (Å²) in [5, 5.41) is 0. The first kappa shape index (κ1) is 14.9. The molecule has 1 aromatic carbocycles. The third kappa shape index (κ3) is 3.75. The van der Waals surface area contributed by atoms with Gasteiger partial charge in [-0.25, -0.2) is 0 Å². The van der Waals surface area contributed by atoms with Gasteiger partial charge in [-0.15, -0.1) is 0 Å². The van der Waals surface area contributed by atoms with Crippen LogP contribution < -0.4 is 4.74 Å². The second kappa shape index (κ2) is 6.78. The summed E-state index contributed by atoms with van der Waals surface area (Å²) in [7, 11) is 0. The fraction of sp³-hybridized carbons (Fsp3) is 0.588. The van der Waals surface area contributed by atoms with Crippen LogP contribution in [0.15, 0.2) is 12.1 Å². The van der Waals surface area contributed by atoms with Crippen LogP contribution in [0.25, 0.3) is 0 Å². The van der Waals surface area contributed by atoms with Crippen molar-refractivity contribution in [1.29, 1.82) is 0 Å². The quantitative estimate of drug-likeness (QED) is 0.771. The number of fused-ring (bicyclic) bond motifs is 1. The lowest BCUT2D eigenvalue weighted by Crippen LogP contribution is -2.25.